The van der Waals surface area contributed by atoms with Crippen molar-refractivity contribution in [2.75, 3.05) is 18.9 Å². The molecule has 5 heteroatoms. The van der Waals surface area contributed by atoms with E-state index in [4.69, 9.17) is 10.5 Å². The highest BCUT2D eigenvalue weighted by molar-refractivity contribution is 9.10. The van der Waals surface area contributed by atoms with Gasteiger partial charge in [0, 0.05) is 25.8 Å². The van der Waals surface area contributed by atoms with E-state index < -0.39 is 0 Å². The SMILES string of the molecule is Nc1nc(CC2CCOC2)ncc1Br. The number of rotatable bonds is 2. The van der Waals surface area contributed by atoms with Crippen LogP contribution in [0.2, 0.25) is 0 Å². The van der Waals surface area contributed by atoms with Crippen molar-refractivity contribution in [2.24, 2.45) is 5.92 Å². The summed E-state index contributed by atoms with van der Waals surface area (Å²) in [4.78, 5) is 8.41. The lowest BCUT2D eigenvalue weighted by molar-refractivity contribution is 0.185. The van der Waals surface area contributed by atoms with Gasteiger partial charge in [0.1, 0.15) is 11.6 Å². The highest BCUT2D eigenvalue weighted by Gasteiger charge is 2.17. The molecule has 0 aliphatic carbocycles. The molecular weight excluding hydrogens is 246 g/mol. The monoisotopic (exact) mass is 257 g/mol. The summed E-state index contributed by atoms with van der Waals surface area (Å²) in [7, 11) is 0. The van der Waals surface area contributed by atoms with Crippen molar-refractivity contribution in [3.63, 3.8) is 0 Å². The lowest BCUT2D eigenvalue weighted by Gasteiger charge is -2.06. The zero-order valence-corrected chi connectivity index (χ0v) is 9.33. The average Bonchev–Trinajstić information content (AvgIpc) is 2.64. The number of hydrogen-bond acceptors (Lipinski definition) is 4. The van der Waals surface area contributed by atoms with Crippen molar-refractivity contribution in [2.45, 2.75) is 12.8 Å². The van der Waals surface area contributed by atoms with Crippen molar-refractivity contribution >= 4 is 21.7 Å². The fourth-order valence-electron chi connectivity index (χ4n) is 1.52. The highest BCUT2D eigenvalue weighted by atomic mass is 79.9. The Morgan fingerprint density at radius 2 is 2.50 bits per heavy atom. The third-order valence-corrected chi connectivity index (χ3v) is 2.93. The van der Waals surface area contributed by atoms with Crippen molar-refractivity contribution in [3.8, 4) is 0 Å². The van der Waals surface area contributed by atoms with E-state index in [-0.39, 0.29) is 0 Å². The summed E-state index contributed by atoms with van der Waals surface area (Å²) in [6.45, 7) is 1.68. The molecule has 0 saturated carbocycles. The van der Waals surface area contributed by atoms with Gasteiger partial charge < -0.3 is 10.5 Å². The number of nitrogen functional groups attached to an aromatic ring is 1. The van der Waals surface area contributed by atoms with Crippen LogP contribution in [0.4, 0.5) is 5.82 Å². The Hall–Kier alpha value is -0.680. The van der Waals surface area contributed by atoms with E-state index in [1.54, 1.807) is 6.20 Å². The largest absolute Gasteiger partial charge is 0.383 e. The first-order chi connectivity index (χ1) is 6.75. The highest BCUT2D eigenvalue weighted by Crippen LogP contribution is 2.19. The van der Waals surface area contributed by atoms with Gasteiger partial charge in [-0.2, -0.15) is 0 Å². The quantitative estimate of drug-likeness (QED) is 0.871. The number of ether oxygens (including phenoxy) is 1. The predicted octanol–water partition coefficient (Wildman–Crippen LogP) is 1.40. The molecule has 1 saturated heterocycles. The zero-order chi connectivity index (χ0) is 9.97. The van der Waals surface area contributed by atoms with Crippen molar-refractivity contribution in [1.29, 1.82) is 0 Å². The molecule has 1 unspecified atom stereocenters. The van der Waals surface area contributed by atoms with E-state index >= 15 is 0 Å². The summed E-state index contributed by atoms with van der Waals surface area (Å²) in [5, 5.41) is 0. The van der Waals surface area contributed by atoms with E-state index in [9.17, 15) is 0 Å². The van der Waals surface area contributed by atoms with Gasteiger partial charge in [-0.1, -0.05) is 0 Å². The first-order valence-corrected chi connectivity index (χ1v) is 5.39. The maximum absolute atomic E-state index is 5.67. The Balaban J connectivity index is 2.05. The standard InChI is InChI=1S/C9H12BrN3O/c10-7-4-12-8(13-9(7)11)3-6-1-2-14-5-6/h4,6H,1-3,5H2,(H2,11,12,13). The number of nitrogens with zero attached hydrogens (tertiary/aromatic N) is 2. The third-order valence-electron chi connectivity index (χ3n) is 2.32. The van der Waals surface area contributed by atoms with Gasteiger partial charge >= 0.3 is 0 Å². The topological polar surface area (TPSA) is 61.0 Å². The minimum Gasteiger partial charge on any atom is -0.383 e. The number of aromatic nitrogens is 2. The summed E-state index contributed by atoms with van der Waals surface area (Å²) >= 11 is 3.27. The molecule has 2 N–H and O–H groups in total. The second-order valence-corrected chi connectivity index (χ2v) is 4.31. The van der Waals surface area contributed by atoms with Gasteiger partial charge in [-0.25, -0.2) is 9.97 Å². The van der Waals surface area contributed by atoms with Crippen LogP contribution in [-0.2, 0) is 11.2 Å². The van der Waals surface area contributed by atoms with Gasteiger partial charge in [-0.3, -0.25) is 0 Å². The molecule has 1 fully saturated rings. The second kappa shape index (κ2) is 4.23. The maximum Gasteiger partial charge on any atom is 0.141 e. The van der Waals surface area contributed by atoms with Crippen LogP contribution in [-0.4, -0.2) is 23.2 Å². The Morgan fingerprint density at radius 1 is 1.64 bits per heavy atom. The Morgan fingerprint density at radius 3 is 3.14 bits per heavy atom. The van der Waals surface area contributed by atoms with Gasteiger partial charge in [0.05, 0.1) is 4.47 Å². The Kier molecular flexibility index (Phi) is 2.98. The summed E-state index contributed by atoms with van der Waals surface area (Å²) in [6, 6.07) is 0. The lowest BCUT2D eigenvalue weighted by Crippen LogP contribution is -2.08. The fraction of sp³-hybridized carbons (Fsp3) is 0.556. The summed E-state index contributed by atoms with van der Waals surface area (Å²) < 4.78 is 6.04. The summed E-state index contributed by atoms with van der Waals surface area (Å²) in [5.41, 5.74) is 5.67. The average molecular weight is 258 g/mol. The van der Waals surface area contributed by atoms with Crippen LogP contribution in [0, 0.1) is 5.92 Å². The van der Waals surface area contributed by atoms with Crippen LogP contribution < -0.4 is 5.73 Å². The smallest absolute Gasteiger partial charge is 0.141 e. The number of halogens is 1. The Labute approximate surface area is 91.0 Å². The van der Waals surface area contributed by atoms with Crippen LogP contribution in [0.25, 0.3) is 0 Å². The number of nitrogens with two attached hydrogens (primary N) is 1. The number of anilines is 1. The molecule has 2 rings (SSSR count). The molecule has 14 heavy (non-hydrogen) atoms. The van der Waals surface area contributed by atoms with Crippen LogP contribution in [0.3, 0.4) is 0 Å². The van der Waals surface area contributed by atoms with Crippen molar-refractivity contribution in [3.05, 3.63) is 16.5 Å². The van der Waals surface area contributed by atoms with Gasteiger partial charge in [-0.05, 0) is 28.3 Å². The third kappa shape index (κ3) is 2.22. The first-order valence-electron chi connectivity index (χ1n) is 4.60. The molecule has 0 aromatic carbocycles. The molecule has 1 atom stereocenters. The molecule has 0 radical (unpaired) electrons. The van der Waals surface area contributed by atoms with E-state index in [0.717, 1.165) is 36.4 Å². The summed E-state index contributed by atoms with van der Waals surface area (Å²) in [6.07, 6.45) is 3.66. The molecule has 1 aromatic rings. The van der Waals surface area contributed by atoms with Crippen LogP contribution in [0.5, 0.6) is 0 Å². The second-order valence-electron chi connectivity index (χ2n) is 3.45. The molecule has 1 aliphatic rings. The van der Waals surface area contributed by atoms with E-state index in [2.05, 4.69) is 25.9 Å². The van der Waals surface area contributed by atoms with Gasteiger partial charge in [0.25, 0.3) is 0 Å². The molecule has 76 valence electrons. The maximum atomic E-state index is 5.67. The first kappa shape index (κ1) is 9.86. The Bertz CT molecular complexity index is 326. The minimum absolute atomic E-state index is 0.508. The molecule has 0 bridgehead atoms. The lowest BCUT2D eigenvalue weighted by atomic mass is 10.1. The van der Waals surface area contributed by atoms with Crippen molar-refractivity contribution in [1.82, 2.24) is 9.97 Å². The summed E-state index contributed by atoms with van der Waals surface area (Å²) in [5.74, 6) is 1.87. The molecule has 1 aromatic heterocycles. The molecule has 0 amide bonds. The fourth-order valence-corrected chi connectivity index (χ4v) is 1.71. The normalized spacial score (nSPS) is 21.4. The van der Waals surface area contributed by atoms with E-state index in [0.29, 0.717) is 11.7 Å². The van der Waals surface area contributed by atoms with E-state index in [1.165, 1.54) is 0 Å². The molecule has 4 nitrogen and oxygen atoms in total. The van der Waals surface area contributed by atoms with E-state index in [1.807, 2.05) is 0 Å². The van der Waals surface area contributed by atoms with Crippen LogP contribution in [0.1, 0.15) is 12.2 Å². The molecule has 1 aliphatic heterocycles. The van der Waals surface area contributed by atoms with Crippen molar-refractivity contribution < 1.29 is 4.74 Å². The van der Waals surface area contributed by atoms with Gasteiger partial charge in [0.2, 0.25) is 0 Å². The zero-order valence-electron chi connectivity index (χ0n) is 7.74. The predicted molar refractivity (Wildman–Crippen MR) is 56.8 cm³/mol. The number of hydrogen-bond donors (Lipinski definition) is 1. The molecular formula is C9H12BrN3O. The van der Waals surface area contributed by atoms with Crippen LogP contribution >= 0.6 is 15.9 Å². The van der Waals surface area contributed by atoms with Crippen LogP contribution in [0.15, 0.2) is 10.7 Å². The van der Waals surface area contributed by atoms with Gasteiger partial charge in [-0.15, -0.1) is 0 Å². The minimum atomic E-state index is 0.508. The molecule has 2 heterocycles. The molecule has 0 spiro atoms. The van der Waals surface area contributed by atoms with Gasteiger partial charge in [0.15, 0.2) is 0 Å².